The number of furan rings is 2. The van der Waals surface area contributed by atoms with Crippen molar-refractivity contribution in [2.45, 2.75) is 13.3 Å². The third kappa shape index (κ3) is 7.53. The number of fused-ring (bicyclic) bond motifs is 18. The SMILES string of the molecule is Cc1cccc2c1oc1ccc(-c3ccc4sc5ccccc5c4c3)cc12.c1ccc2c(c1)Cc1ccccc1-2.c1ccc2c(c1)sc1ccc(-c3ccc4oc5c(-n6c7ccccc7c7ccccc76)cccc5c4c3)cc12. The molecule has 5 heterocycles. The molecule has 0 aliphatic heterocycles. The Kier molecular flexibility index (Phi) is 10.6. The molecule has 0 saturated carbocycles. The van der Waals surface area contributed by atoms with E-state index in [1.54, 1.807) is 0 Å². The lowest BCUT2D eigenvalue weighted by molar-refractivity contribution is 0.665. The van der Waals surface area contributed by atoms with Crippen molar-refractivity contribution in [1.82, 2.24) is 4.57 Å². The molecule has 79 heavy (non-hydrogen) atoms. The van der Waals surface area contributed by atoms with Gasteiger partial charge in [0.15, 0.2) is 5.58 Å². The molecular formula is C74H47NO2S2. The summed E-state index contributed by atoms with van der Waals surface area (Å²) in [4.78, 5) is 0. The van der Waals surface area contributed by atoms with Gasteiger partial charge in [-0.1, -0.05) is 176 Å². The smallest absolute Gasteiger partial charge is 0.159 e. The molecule has 0 N–H and O–H groups in total. The van der Waals surface area contributed by atoms with Crippen LogP contribution in [0, 0.1) is 6.92 Å². The van der Waals surface area contributed by atoms with E-state index >= 15 is 0 Å². The second kappa shape index (κ2) is 18.3. The maximum absolute atomic E-state index is 6.59. The highest BCUT2D eigenvalue weighted by atomic mass is 32.1. The number of thiophene rings is 2. The Morgan fingerprint density at radius 2 is 0.722 bits per heavy atom. The van der Waals surface area contributed by atoms with Gasteiger partial charge in [0.25, 0.3) is 0 Å². The zero-order valence-corrected chi connectivity index (χ0v) is 44.7. The summed E-state index contributed by atoms with van der Waals surface area (Å²) in [7, 11) is 0. The van der Waals surface area contributed by atoms with E-state index in [-0.39, 0.29) is 0 Å². The summed E-state index contributed by atoms with van der Waals surface area (Å²) in [5, 5.41) is 12.5. The molecule has 1 aliphatic rings. The minimum absolute atomic E-state index is 0.907. The normalized spacial score (nSPS) is 12.1. The van der Waals surface area contributed by atoms with Crippen molar-refractivity contribution in [3.05, 3.63) is 271 Å². The van der Waals surface area contributed by atoms with E-state index in [1.165, 1.54) is 123 Å². The minimum atomic E-state index is 0.907. The van der Waals surface area contributed by atoms with Gasteiger partial charge in [0.1, 0.15) is 16.7 Å². The third-order valence-corrected chi connectivity index (χ3v) is 18.4. The molecule has 0 amide bonds. The number of nitrogens with zero attached hydrogens (tertiary/aromatic N) is 1. The van der Waals surface area contributed by atoms with Crippen LogP contribution < -0.4 is 0 Å². The molecule has 0 bridgehead atoms. The summed E-state index contributed by atoms with van der Waals surface area (Å²) in [6.07, 6.45) is 1.10. The lowest BCUT2D eigenvalue weighted by Gasteiger charge is -2.08. The van der Waals surface area contributed by atoms with Crippen molar-refractivity contribution in [2.24, 2.45) is 0 Å². The Hall–Kier alpha value is -9.52. The average molecular weight is 1050 g/mol. The molecule has 0 radical (unpaired) electrons. The predicted octanol–water partition coefficient (Wildman–Crippen LogP) is 21.9. The Morgan fingerprint density at radius 1 is 0.316 bits per heavy atom. The third-order valence-electron chi connectivity index (χ3n) is 16.1. The van der Waals surface area contributed by atoms with E-state index in [2.05, 4.69) is 266 Å². The summed E-state index contributed by atoms with van der Waals surface area (Å²) >= 11 is 3.71. The Balaban J connectivity index is 0.000000112. The first-order chi connectivity index (χ1) is 39.1. The molecule has 3 nitrogen and oxygen atoms in total. The van der Waals surface area contributed by atoms with Crippen LogP contribution in [0.15, 0.2) is 264 Å². The number of aryl methyl sites for hydroxylation is 1. The van der Waals surface area contributed by atoms with E-state index in [9.17, 15) is 0 Å². The first-order valence-electron chi connectivity index (χ1n) is 26.9. The van der Waals surface area contributed by atoms with Crippen molar-refractivity contribution in [3.8, 4) is 39.1 Å². The number of rotatable bonds is 3. The summed E-state index contributed by atoms with van der Waals surface area (Å²) in [5.41, 5.74) is 19.0. The van der Waals surface area contributed by atoms with Crippen molar-refractivity contribution < 1.29 is 8.83 Å². The number of para-hydroxylation sites is 4. The summed E-state index contributed by atoms with van der Waals surface area (Å²) in [5.74, 6) is 0. The topological polar surface area (TPSA) is 31.2 Å². The van der Waals surface area contributed by atoms with Gasteiger partial charge in [0.2, 0.25) is 0 Å². The summed E-state index contributed by atoms with van der Waals surface area (Å²) in [6.45, 7) is 2.10. The van der Waals surface area contributed by atoms with Gasteiger partial charge in [-0.15, -0.1) is 22.7 Å². The van der Waals surface area contributed by atoms with Gasteiger partial charge in [0, 0.05) is 72.7 Å². The van der Waals surface area contributed by atoms with Crippen LogP contribution in [0.1, 0.15) is 16.7 Å². The van der Waals surface area contributed by atoms with E-state index < -0.39 is 0 Å². The number of hydrogen-bond donors (Lipinski definition) is 0. The van der Waals surface area contributed by atoms with Crippen molar-refractivity contribution in [3.63, 3.8) is 0 Å². The number of benzene rings is 12. The largest absolute Gasteiger partial charge is 0.456 e. The maximum Gasteiger partial charge on any atom is 0.159 e. The van der Waals surface area contributed by atoms with Crippen molar-refractivity contribution >= 4 is 129 Å². The highest BCUT2D eigenvalue weighted by Crippen LogP contribution is 2.43. The number of hydrogen-bond acceptors (Lipinski definition) is 4. The van der Waals surface area contributed by atoms with Crippen LogP contribution in [-0.2, 0) is 6.42 Å². The fourth-order valence-electron chi connectivity index (χ4n) is 12.3. The second-order valence-electron chi connectivity index (χ2n) is 20.7. The predicted molar refractivity (Wildman–Crippen MR) is 338 cm³/mol. The van der Waals surface area contributed by atoms with Crippen LogP contribution in [0.4, 0.5) is 0 Å². The molecule has 0 fully saturated rings. The molecule has 5 aromatic heterocycles. The van der Waals surface area contributed by atoms with Gasteiger partial charge in [-0.2, -0.15) is 0 Å². The van der Waals surface area contributed by atoms with Crippen LogP contribution in [0.2, 0.25) is 0 Å². The Bertz CT molecular complexity index is 5180. The molecule has 5 heteroatoms. The zero-order chi connectivity index (χ0) is 52.1. The van der Waals surface area contributed by atoms with Crippen LogP contribution in [-0.4, -0.2) is 4.57 Å². The number of aromatic nitrogens is 1. The van der Waals surface area contributed by atoms with Crippen LogP contribution >= 0.6 is 22.7 Å². The van der Waals surface area contributed by atoms with Crippen molar-refractivity contribution in [1.29, 1.82) is 0 Å². The van der Waals surface area contributed by atoms with E-state index in [0.717, 1.165) is 45.2 Å². The maximum atomic E-state index is 6.59. The second-order valence-corrected chi connectivity index (χ2v) is 22.9. The lowest BCUT2D eigenvalue weighted by Crippen LogP contribution is -1.93. The molecule has 0 unspecified atom stereocenters. The minimum Gasteiger partial charge on any atom is -0.456 e. The first kappa shape index (κ1) is 45.7. The van der Waals surface area contributed by atoms with Crippen LogP contribution in [0.5, 0.6) is 0 Å². The van der Waals surface area contributed by atoms with Gasteiger partial charge in [-0.25, -0.2) is 0 Å². The van der Waals surface area contributed by atoms with E-state index in [4.69, 9.17) is 8.83 Å². The molecule has 17 aromatic rings. The van der Waals surface area contributed by atoms with Gasteiger partial charge >= 0.3 is 0 Å². The molecule has 0 atom stereocenters. The van der Waals surface area contributed by atoms with Crippen molar-refractivity contribution in [2.75, 3.05) is 0 Å². The highest BCUT2D eigenvalue weighted by molar-refractivity contribution is 7.26. The molecule has 0 spiro atoms. The van der Waals surface area contributed by atoms with Crippen LogP contribution in [0.25, 0.3) is 145 Å². The quantitative estimate of drug-likeness (QED) is 0.177. The molecule has 0 saturated heterocycles. The Labute approximate surface area is 463 Å². The standard InChI is InChI=1S/C36H21NOS.C25H16OS.C13H10/c1-4-12-30-24(8-1)25-9-2-5-13-31(25)37(30)32-14-7-11-27-28-20-22(16-18-33(28)38-36(27)32)23-17-19-35-29(21-23)26-10-3-6-15-34(26)39-35;1-15-5-4-7-19-20-13-16(9-11-22(20)26-25(15)19)17-10-12-24-21(14-17)18-6-2-3-8-23(18)27-24;1-3-7-12-10(5-1)9-11-6-2-4-8-13(11)12/h1-21H;2-14H,1H3;1-8H,9H2. The molecular weight excluding hydrogens is 999 g/mol. The monoisotopic (exact) mass is 1050 g/mol. The highest BCUT2D eigenvalue weighted by Gasteiger charge is 2.19. The van der Waals surface area contributed by atoms with Crippen LogP contribution in [0.3, 0.4) is 0 Å². The molecule has 372 valence electrons. The van der Waals surface area contributed by atoms with E-state index in [0.29, 0.717) is 0 Å². The van der Waals surface area contributed by atoms with Gasteiger partial charge in [-0.3, -0.25) is 0 Å². The molecule has 12 aromatic carbocycles. The fourth-order valence-corrected chi connectivity index (χ4v) is 14.5. The zero-order valence-electron chi connectivity index (χ0n) is 43.0. The molecule has 18 rings (SSSR count). The fraction of sp³-hybridized carbons (Fsp3) is 0.0270. The lowest BCUT2D eigenvalue weighted by atomic mass is 10.0. The first-order valence-corrected chi connectivity index (χ1v) is 28.5. The molecule has 1 aliphatic carbocycles. The Morgan fingerprint density at radius 3 is 1.28 bits per heavy atom. The summed E-state index contributed by atoms with van der Waals surface area (Å²) < 4.78 is 20.4. The van der Waals surface area contributed by atoms with Gasteiger partial charge in [0.05, 0.1) is 16.7 Å². The van der Waals surface area contributed by atoms with Gasteiger partial charge < -0.3 is 13.4 Å². The van der Waals surface area contributed by atoms with Gasteiger partial charge in [-0.05, 0) is 142 Å². The summed E-state index contributed by atoms with van der Waals surface area (Å²) in [6, 6.07) is 91.4. The van der Waals surface area contributed by atoms with E-state index in [1.807, 2.05) is 22.7 Å². The average Bonchev–Trinajstić information content (AvgIpc) is 4.48.